The number of rotatable bonds is 8. The first kappa shape index (κ1) is 25.4. The van der Waals surface area contributed by atoms with E-state index in [1.807, 2.05) is 48.0 Å². The van der Waals surface area contributed by atoms with E-state index >= 15 is 0 Å². The van der Waals surface area contributed by atoms with E-state index in [2.05, 4.69) is 48.4 Å². The Balaban J connectivity index is 1.64. The third-order valence-electron chi connectivity index (χ3n) is 6.50. The van der Waals surface area contributed by atoms with Crippen LogP contribution < -0.4 is 20.3 Å². The van der Waals surface area contributed by atoms with Crippen molar-refractivity contribution in [3.05, 3.63) is 84.0 Å². The van der Waals surface area contributed by atoms with Gasteiger partial charge < -0.3 is 25.0 Å². The highest BCUT2D eigenvalue weighted by atomic mass is 32.1. The highest BCUT2D eigenvalue weighted by Gasteiger charge is 2.42. The number of pyridine rings is 1. The van der Waals surface area contributed by atoms with E-state index in [9.17, 15) is 4.79 Å². The number of methoxy groups -OCH3 is 2. The van der Waals surface area contributed by atoms with Gasteiger partial charge in [-0.1, -0.05) is 6.07 Å². The van der Waals surface area contributed by atoms with Crippen LogP contribution in [-0.4, -0.2) is 56.4 Å². The van der Waals surface area contributed by atoms with E-state index < -0.39 is 0 Å². The Bertz CT molecular complexity index is 1450. The van der Waals surface area contributed by atoms with Crippen molar-refractivity contribution in [2.45, 2.75) is 25.9 Å². The zero-order valence-corrected chi connectivity index (χ0v) is 22.3. The summed E-state index contributed by atoms with van der Waals surface area (Å²) < 4.78 is 14.4. The first-order chi connectivity index (χ1) is 18.4. The highest BCUT2D eigenvalue weighted by molar-refractivity contribution is 7.80. The molecule has 38 heavy (non-hydrogen) atoms. The summed E-state index contributed by atoms with van der Waals surface area (Å²) >= 11 is 5.89. The molecule has 0 spiro atoms. The molecule has 2 N–H and O–H groups in total. The molecule has 0 aliphatic carbocycles. The lowest BCUT2D eigenvalue weighted by atomic mass is 9.96. The molecule has 3 aromatic heterocycles. The van der Waals surface area contributed by atoms with Gasteiger partial charge >= 0.3 is 0 Å². The quantitative estimate of drug-likeness (QED) is 0.331. The molecule has 1 aliphatic heterocycles. The molecular formula is C26H28N8O3S. The Morgan fingerprint density at radius 1 is 1.13 bits per heavy atom. The largest absolute Gasteiger partial charge is 0.495 e. The smallest absolute Gasteiger partial charge is 0.250 e. The molecule has 4 heterocycles. The highest BCUT2D eigenvalue weighted by Crippen LogP contribution is 2.44. The number of carbonyl (C=O) groups excluding carboxylic acids is 1. The molecule has 1 saturated heterocycles. The molecule has 2 atom stereocenters. The molecule has 1 aliphatic rings. The van der Waals surface area contributed by atoms with Gasteiger partial charge in [0.2, 0.25) is 5.91 Å². The zero-order chi connectivity index (χ0) is 26.8. The van der Waals surface area contributed by atoms with Crippen LogP contribution in [0.3, 0.4) is 0 Å². The summed E-state index contributed by atoms with van der Waals surface area (Å²) in [5.74, 6) is 0.241. The minimum Gasteiger partial charge on any atom is -0.495 e. The van der Waals surface area contributed by atoms with Crippen molar-refractivity contribution in [3.8, 4) is 5.75 Å². The number of benzene rings is 1. The summed E-state index contributed by atoms with van der Waals surface area (Å²) in [5.41, 5.74) is 5.24. The van der Waals surface area contributed by atoms with Gasteiger partial charge in [-0.05, 0) is 62.5 Å². The molecular weight excluding hydrogens is 504 g/mol. The summed E-state index contributed by atoms with van der Waals surface area (Å²) in [6.07, 6.45) is 5.10. The Morgan fingerprint density at radius 2 is 1.92 bits per heavy atom. The first-order valence-corrected chi connectivity index (χ1v) is 12.3. The molecule has 11 nitrogen and oxygen atoms in total. The average Bonchev–Trinajstić information content (AvgIpc) is 3.62. The topological polar surface area (TPSA) is 111 Å². The number of amides is 1. The predicted octanol–water partition coefficient (Wildman–Crippen LogP) is 3.17. The maximum atomic E-state index is 12.3. The SMILES string of the molecule is COCC(=O)Nc1cc(N2C(=S)N[C@H](c3ccccn3)[C@H]2c2cc(C)n(-n3cnnc3)c2C)ccc1OC. The second-order valence-corrected chi connectivity index (χ2v) is 9.23. The van der Waals surface area contributed by atoms with E-state index in [-0.39, 0.29) is 24.6 Å². The van der Waals surface area contributed by atoms with Crippen LogP contribution in [0.5, 0.6) is 5.75 Å². The number of ether oxygens (including phenoxy) is 2. The normalized spacial score (nSPS) is 16.9. The van der Waals surface area contributed by atoms with Crippen molar-refractivity contribution in [3.63, 3.8) is 0 Å². The van der Waals surface area contributed by atoms with Crippen LogP contribution in [0, 0.1) is 13.8 Å². The van der Waals surface area contributed by atoms with E-state index in [4.69, 9.17) is 21.7 Å². The van der Waals surface area contributed by atoms with Crippen LogP contribution >= 0.6 is 12.2 Å². The van der Waals surface area contributed by atoms with Gasteiger partial charge in [-0.2, -0.15) is 0 Å². The summed E-state index contributed by atoms with van der Waals surface area (Å²) in [5, 5.41) is 14.8. The van der Waals surface area contributed by atoms with Gasteiger partial charge in [0.25, 0.3) is 0 Å². The summed E-state index contributed by atoms with van der Waals surface area (Å²) in [6.45, 7) is 4.02. The maximum Gasteiger partial charge on any atom is 0.250 e. The van der Waals surface area contributed by atoms with Crippen molar-refractivity contribution >= 4 is 34.6 Å². The molecule has 1 fully saturated rings. The van der Waals surface area contributed by atoms with Crippen molar-refractivity contribution in [2.75, 3.05) is 31.0 Å². The Kier molecular flexibility index (Phi) is 7.07. The Morgan fingerprint density at radius 3 is 2.61 bits per heavy atom. The Hall–Kier alpha value is -4.29. The third kappa shape index (κ3) is 4.59. The monoisotopic (exact) mass is 532 g/mol. The minimum absolute atomic E-state index is 0.0729. The van der Waals surface area contributed by atoms with Gasteiger partial charge in [0.15, 0.2) is 5.11 Å². The molecule has 4 aromatic rings. The van der Waals surface area contributed by atoms with Crippen molar-refractivity contribution < 1.29 is 14.3 Å². The molecule has 1 amide bonds. The van der Waals surface area contributed by atoms with E-state index in [1.54, 1.807) is 26.0 Å². The van der Waals surface area contributed by atoms with Gasteiger partial charge in [0, 0.05) is 35.9 Å². The molecule has 0 saturated carbocycles. The number of aryl methyl sites for hydroxylation is 1. The fourth-order valence-corrected chi connectivity index (χ4v) is 5.29. The number of carbonyl (C=O) groups is 1. The Labute approximate surface area is 225 Å². The summed E-state index contributed by atoms with van der Waals surface area (Å²) in [7, 11) is 3.03. The zero-order valence-electron chi connectivity index (χ0n) is 21.5. The minimum atomic E-state index is -0.287. The molecule has 0 radical (unpaired) electrons. The van der Waals surface area contributed by atoms with Crippen LogP contribution in [-0.2, 0) is 9.53 Å². The van der Waals surface area contributed by atoms with Crippen LogP contribution in [0.1, 0.15) is 34.7 Å². The average molecular weight is 533 g/mol. The number of nitrogens with zero attached hydrogens (tertiary/aromatic N) is 6. The summed E-state index contributed by atoms with van der Waals surface area (Å²) in [4.78, 5) is 19.0. The lowest BCUT2D eigenvalue weighted by Gasteiger charge is -2.29. The van der Waals surface area contributed by atoms with Gasteiger partial charge in [-0.15, -0.1) is 10.2 Å². The van der Waals surface area contributed by atoms with E-state index in [1.165, 1.54) is 7.11 Å². The van der Waals surface area contributed by atoms with Crippen LogP contribution in [0.2, 0.25) is 0 Å². The van der Waals surface area contributed by atoms with E-state index in [0.717, 1.165) is 28.3 Å². The summed E-state index contributed by atoms with van der Waals surface area (Å²) in [6, 6.07) is 13.1. The van der Waals surface area contributed by atoms with Crippen LogP contribution in [0.25, 0.3) is 0 Å². The van der Waals surface area contributed by atoms with Gasteiger partial charge in [-0.3, -0.25) is 14.5 Å². The van der Waals surface area contributed by atoms with Gasteiger partial charge in [-0.25, -0.2) is 4.68 Å². The fourth-order valence-electron chi connectivity index (χ4n) is 4.94. The lowest BCUT2D eigenvalue weighted by Crippen LogP contribution is -2.30. The number of aromatic nitrogens is 5. The maximum absolute atomic E-state index is 12.3. The van der Waals surface area contributed by atoms with Crippen LogP contribution in [0.4, 0.5) is 11.4 Å². The standard InChI is InChI=1S/C26H28N8O3S/c1-16-11-19(17(2)34(16)32-14-28-29-15-32)25-24(20-7-5-6-10-27-20)31-26(38)33(25)18-8-9-22(37-4)21(12-18)30-23(35)13-36-3/h5-12,14-15,24-25H,13H2,1-4H3,(H,30,35)(H,31,38)/t24-,25-/m1/s1. The number of hydrogen-bond acceptors (Lipinski definition) is 7. The third-order valence-corrected chi connectivity index (χ3v) is 6.81. The number of nitrogens with one attached hydrogen (secondary N) is 2. The van der Waals surface area contributed by atoms with Crippen molar-refractivity contribution in [1.82, 2.24) is 29.9 Å². The molecule has 5 rings (SSSR count). The van der Waals surface area contributed by atoms with Crippen LogP contribution in [0.15, 0.2) is 61.3 Å². The number of thiocarbonyl (C=S) groups is 1. The van der Waals surface area contributed by atoms with Crippen molar-refractivity contribution in [2.24, 2.45) is 0 Å². The second-order valence-electron chi connectivity index (χ2n) is 8.84. The lowest BCUT2D eigenvalue weighted by molar-refractivity contribution is -0.119. The predicted molar refractivity (Wildman–Crippen MR) is 146 cm³/mol. The van der Waals surface area contributed by atoms with E-state index in [0.29, 0.717) is 16.5 Å². The molecule has 12 heteroatoms. The molecule has 196 valence electrons. The molecule has 0 unspecified atom stereocenters. The number of hydrogen-bond donors (Lipinski definition) is 2. The second kappa shape index (κ2) is 10.6. The van der Waals surface area contributed by atoms with Gasteiger partial charge in [0.05, 0.1) is 30.6 Å². The first-order valence-electron chi connectivity index (χ1n) is 11.9. The fraction of sp³-hybridized carbons (Fsp3) is 0.269. The molecule has 0 bridgehead atoms. The number of anilines is 2. The van der Waals surface area contributed by atoms with Crippen molar-refractivity contribution in [1.29, 1.82) is 0 Å². The molecule has 1 aromatic carbocycles. The van der Waals surface area contributed by atoms with Gasteiger partial charge in [0.1, 0.15) is 25.0 Å².